The molecule has 6 saturated carbocycles. The summed E-state index contributed by atoms with van der Waals surface area (Å²) in [5.41, 5.74) is 7.35. The fourth-order valence-electron chi connectivity index (χ4n) is 12.4. The van der Waals surface area contributed by atoms with Gasteiger partial charge in [0.25, 0.3) is 5.84 Å². The molecule has 6 aliphatic carbocycles. The minimum absolute atomic E-state index is 0.240. The molecular formula is C39H57N5+2. The molecule has 6 bridgehead atoms. The molecule has 2 aromatic rings. The van der Waals surface area contributed by atoms with Crippen LogP contribution in [-0.2, 0) is 20.0 Å². The number of aliphatic imine (C=N–C) groups is 1. The van der Waals surface area contributed by atoms with Gasteiger partial charge in [-0.25, -0.2) is 4.58 Å². The molecule has 0 saturated heterocycles. The molecule has 2 unspecified atom stereocenters. The normalized spacial score (nSPS) is 37.3. The summed E-state index contributed by atoms with van der Waals surface area (Å²) in [6.45, 7) is 10.6. The Morgan fingerprint density at radius 1 is 0.864 bits per heavy atom. The first-order valence-corrected chi connectivity index (χ1v) is 18.3. The van der Waals surface area contributed by atoms with Crippen LogP contribution in [0.2, 0.25) is 0 Å². The van der Waals surface area contributed by atoms with E-state index < -0.39 is 0 Å². The first kappa shape index (κ1) is 29.0. The molecule has 9 rings (SSSR count). The van der Waals surface area contributed by atoms with Gasteiger partial charge in [0, 0.05) is 19.7 Å². The average molecular weight is 596 g/mol. The van der Waals surface area contributed by atoms with Crippen molar-refractivity contribution in [1.29, 1.82) is 0 Å². The third kappa shape index (κ3) is 4.33. The van der Waals surface area contributed by atoms with Crippen LogP contribution in [0, 0.1) is 40.9 Å². The quantitative estimate of drug-likeness (QED) is 0.303. The van der Waals surface area contributed by atoms with Crippen LogP contribution in [0.3, 0.4) is 0 Å². The molecule has 44 heavy (non-hydrogen) atoms. The zero-order valence-corrected chi connectivity index (χ0v) is 28.7. The number of aromatic nitrogens is 2. The SMILES string of the molecule is CCc1ccc(C2=NC(C34CC5CC(CC(C5)C3)C4)=[N+]2C23CC(C)CC(CC(C)C2)C3)cc1-c1c(N(C)C)c[n+](C)n1CC. The Hall–Kier alpha value is -2.43. The molecule has 2 heterocycles. The summed E-state index contributed by atoms with van der Waals surface area (Å²) >= 11 is 0. The minimum atomic E-state index is 0.240. The van der Waals surface area contributed by atoms with Crippen molar-refractivity contribution in [3.63, 3.8) is 0 Å². The summed E-state index contributed by atoms with van der Waals surface area (Å²) < 4.78 is 7.68. The van der Waals surface area contributed by atoms with Gasteiger partial charge >= 0.3 is 0 Å². The summed E-state index contributed by atoms with van der Waals surface area (Å²) in [4.78, 5) is 8.05. The Labute approximate surface area is 266 Å². The van der Waals surface area contributed by atoms with Crippen molar-refractivity contribution in [3.05, 3.63) is 35.5 Å². The number of fused-ring (bicyclic) bond motifs is 2. The van der Waals surface area contributed by atoms with Crippen LogP contribution in [0.25, 0.3) is 11.3 Å². The van der Waals surface area contributed by atoms with E-state index in [0.29, 0.717) is 5.41 Å². The van der Waals surface area contributed by atoms with Crippen molar-refractivity contribution in [3.8, 4) is 11.3 Å². The monoisotopic (exact) mass is 595 g/mol. The Balaban J connectivity index is 1.28. The number of hydrogen-bond acceptors (Lipinski definition) is 2. The first-order valence-electron chi connectivity index (χ1n) is 18.3. The molecule has 2 atom stereocenters. The lowest BCUT2D eigenvalue weighted by Crippen LogP contribution is -2.63. The van der Waals surface area contributed by atoms with Crippen LogP contribution in [-0.4, -0.2) is 40.6 Å². The molecule has 0 amide bonds. The van der Waals surface area contributed by atoms with Gasteiger partial charge in [-0.15, -0.1) is 4.68 Å². The van der Waals surface area contributed by atoms with Gasteiger partial charge in [0.2, 0.25) is 12.0 Å². The van der Waals surface area contributed by atoms with Crippen LogP contribution in [0.5, 0.6) is 0 Å². The number of aryl methyl sites for hydroxylation is 2. The highest BCUT2D eigenvalue weighted by molar-refractivity contribution is 6.11. The fraction of sp³-hybridized carbons (Fsp3) is 0.718. The second-order valence-electron chi connectivity index (χ2n) is 16.9. The topological polar surface area (TPSA) is 27.4 Å². The lowest BCUT2D eigenvalue weighted by Gasteiger charge is -2.58. The lowest BCUT2D eigenvalue weighted by molar-refractivity contribution is -0.752. The molecule has 0 spiro atoms. The van der Waals surface area contributed by atoms with Crippen LogP contribution in [0.1, 0.15) is 109 Å². The summed E-state index contributed by atoms with van der Waals surface area (Å²) in [6, 6.07) is 7.38. The molecule has 5 nitrogen and oxygen atoms in total. The van der Waals surface area contributed by atoms with E-state index in [1.54, 1.807) is 0 Å². The molecule has 1 aromatic carbocycles. The first-order chi connectivity index (χ1) is 21.1. The van der Waals surface area contributed by atoms with E-state index in [1.807, 2.05) is 0 Å². The van der Waals surface area contributed by atoms with Gasteiger partial charge in [0.15, 0.2) is 7.05 Å². The number of anilines is 1. The van der Waals surface area contributed by atoms with Gasteiger partial charge in [0.05, 0.1) is 23.1 Å². The highest BCUT2D eigenvalue weighted by Gasteiger charge is 2.62. The molecule has 0 N–H and O–H groups in total. The zero-order valence-electron chi connectivity index (χ0n) is 28.7. The maximum absolute atomic E-state index is 5.76. The Morgan fingerprint density at radius 2 is 1.48 bits per heavy atom. The molecular weight excluding hydrogens is 538 g/mol. The Kier molecular flexibility index (Phi) is 6.78. The predicted molar refractivity (Wildman–Crippen MR) is 180 cm³/mol. The Bertz CT molecular complexity index is 1480. The second-order valence-corrected chi connectivity index (χ2v) is 16.9. The van der Waals surface area contributed by atoms with Crippen molar-refractivity contribution in [1.82, 2.24) is 4.68 Å². The molecule has 236 valence electrons. The van der Waals surface area contributed by atoms with E-state index >= 15 is 0 Å². The average Bonchev–Trinajstić information content (AvgIpc) is 3.26. The van der Waals surface area contributed by atoms with Crippen molar-refractivity contribution >= 4 is 17.4 Å². The molecule has 6 fully saturated rings. The summed E-state index contributed by atoms with van der Waals surface area (Å²) in [5, 5.41) is 0. The summed E-state index contributed by atoms with van der Waals surface area (Å²) in [6.07, 6.45) is 18.9. The van der Waals surface area contributed by atoms with Gasteiger partial charge in [-0.05, 0) is 137 Å². The van der Waals surface area contributed by atoms with E-state index in [4.69, 9.17) is 4.99 Å². The van der Waals surface area contributed by atoms with Crippen molar-refractivity contribution < 1.29 is 9.26 Å². The van der Waals surface area contributed by atoms with E-state index in [2.05, 4.69) is 92.1 Å². The van der Waals surface area contributed by atoms with Crippen molar-refractivity contribution in [2.75, 3.05) is 19.0 Å². The summed E-state index contributed by atoms with van der Waals surface area (Å²) in [7, 11) is 6.55. The van der Waals surface area contributed by atoms with E-state index in [1.165, 1.54) is 110 Å². The zero-order chi connectivity index (χ0) is 30.5. The highest BCUT2D eigenvalue weighted by Crippen LogP contribution is 2.62. The molecule has 5 heteroatoms. The van der Waals surface area contributed by atoms with Gasteiger partial charge in [-0.2, -0.15) is 4.68 Å². The standard InChI is InChI=1S/C39H57N5/c1-8-31-10-11-32(17-33(31)35-34(41(5)6)24-42(7)43(35)9-2)36-40-37(38-20-28-14-29(21-38)16-30(15-28)22-38)44(36)39-18-25(3)12-27(23-39)13-26(4)19-39/h10-11,17,24-30H,8-9,12-16,18-23H2,1-7H3/q+2. The number of nitrogens with zero attached hydrogens (tertiary/aromatic N) is 5. The highest BCUT2D eigenvalue weighted by atomic mass is 15.4. The predicted octanol–water partition coefficient (Wildman–Crippen LogP) is 7.62. The maximum atomic E-state index is 5.76. The lowest BCUT2D eigenvalue weighted by atomic mass is 9.49. The smallest absolute Gasteiger partial charge is 0.274 e. The van der Waals surface area contributed by atoms with Crippen LogP contribution in [0.4, 0.5) is 5.69 Å². The van der Waals surface area contributed by atoms with Crippen LogP contribution < -0.4 is 9.58 Å². The van der Waals surface area contributed by atoms with E-state index in [-0.39, 0.29) is 5.54 Å². The minimum Gasteiger partial charge on any atom is -0.371 e. The van der Waals surface area contributed by atoms with Gasteiger partial charge in [-0.1, -0.05) is 31.8 Å². The number of hydrogen-bond donors (Lipinski definition) is 0. The van der Waals surface area contributed by atoms with E-state index in [9.17, 15) is 0 Å². The Morgan fingerprint density at radius 3 is 2.05 bits per heavy atom. The maximum Gasteiger partial charge on any atom is 0.274 e. The third-order valence-electron chi connectivity index (χ3n) is 13.2. The van der Waals surface area contributed by atoms with E-state index in [0.717, 1.165) is 48.5 Å². The van der Waals surface area contributed by atoms with Gasteiger partial charge in [-0.3, -0.25) is 0 Å². The molecule has 1 aromatic heterocycles. The molecule has 0 radical (unpaired) electrons. The van der Waals surface area contributed by atoms with Gasteiger partial charge in [0.1, 0.15) is 11.4 Å². The largest absolute Gasteiger partial charge is 0.371 e. The van der Waals surface area contributed by atoms with Crippen LogP contribution in [0.15, 0.2) is 29.4 Å². The van der Waals surface area contributed by atoms with Crippen molar-refractivity contribution in [2.24, 2.45) is 53.0 Å². The molecule has 7 aliphatic rings. The molecule has 1 aliphatic heterocycles. The fourth-order valence-corrected chi connectivity index (χ4v) is 12.4. The third-order valence-corrected chi connectivity index (χ3v) is 13.2. The number of rotatable bonds is 7. The second kappa shape index (κ2) is 10.3. The van der Waals surface area contributed by atoms with Crippen LogP contribution >= 0.6 is 0 Å². The van der Waals surface area contributed by atoms with Crippen molar-refractivity contribution in [2.45, 2.75) is 117 Å². The van der Waals surface area contributed by atoms with Gasteiger partial charge < -0.3 is 4.90 Å². The number of amidine groups is 2. The number of benzene rings is 1. The summed E-state index contributed by atoms with van der Waals surface area (Å²) in [5.74, 6) is 8.13.